The smallest absolute Gasteiger partial charge is 0.335 e. The van der Waals surface area contributed by atoms with Crippen molar-refractivity contribution in [2.45, 2.75) is 30.7 Å². The van der Waals surface area contributed by atoms with Crippen LogP contribution in [0.2, 0.25) is 0 Å². The summed E-state index contributed by atoms with van der Waals surface area (Å²) in [4.78, 5) is 10.9. The van der Waals surface area contributed by atoms with E-state index in [1.54, 1.807) is 18.2 Å². The number of nitrogen functional groups attached to an aromatic ring is 1. The number of hydrogen-bond donors (Lipinski definition) is 5. The maximum absolute atomic E-state index is 10.9. The van der Waals surface area contributed by atoms with Gasteiger partial charge >= 0.3 is 5.97 Å². The van der Waals surface area contributed by atoms with Crippen molar-refractivity contribution < 1.29 is 34.7 Å². The Morgan fingerprint density at radius 2 is 1.80 bits per heavy atom. The molecule has 0 radical (unpaired) electrons. The predicted molar refractivity (Wildman–Crippen MR) is 65.8 cm³/mol. The zero-order valence-electron chi connectivity index (χ0n) is 10.3. The Balaban J connectivity index is 2.18. The zero-order valence-corrected chi connectivity index (χ0v) is 10.3. The molecule has 5 atom stereocenters. The Bertz CT molecular complexity index is 494. The summed E-state index contributed by atoms with van der Waals surface area (Å²) < 4.78 is 10.2. The lowest BCUT2D eigenvalue weighted by Crippen LogP contribution is -2.61. The molecule has 1 fully saturated rings. The summed E-state index contributed by atoms with van der Waals surface area (Å²) in [6.45, 7) is 0. The summed E-state index contributed by atoms with van der Waals surface area (Å²) in [5, 5.41) is 37.8. The molecule has 0 amide bonds. The molecule has 0 spiro atoms. The highest BCUT2D eigenvalue weighted by molar-refractivity contribution is 5.73. The van der Waals surface area contributed by atoms with E-state index in [2.05, 4.69) is 0 Å². The van der Waals surface area contributed by atoms with Gasteiger partial charge in [-0.25, -0.2) is 4.79 Å². The van der Waals surface area contributed by atoms with Crippen LogP contribution in [0.3, 0.4) is 0 Å². The number of para-hydroxylation sites is 2. The molecular weight excluding hydrogens is 270 g/mol. The maximum atomic E-state index is 10.9. The van der Waals surface area contributed by atoms with Gasteiger partial charge in [-0.05, 0) is 12.1 Å². The third kappa shape index (κ3) is 2.68. The van der Waals surface area contributed by atoms with Gasteiger partial charge < -0.3 is 35.6 Å². The Morgan fingerprint density at radius 1 is 1.15 bits per heavy atom. The fraction of sp³-hybridized carbons (Fsp3) is 0.417. The van der Waals surface area contributed by atoms with E-state index in [1.807, 2.05) is 0 Å². The summed E-state index contributed by atoms with van der Waals surface area (Å²) in [6.07, 6.45) is -8.24. The Morgan fingerprint density at radius 3 is 2.40 bits per heavy atom. The molecule has 110 valence electrons. The van der Waals surface area contributed by atoms with E-state index in [9.17, 15) is 20.1 Å². The molecule has 0 bridgehead atoms. The Hall–Kier alpha value is -1.87. The monoisotopic (exact) mass is 285 g/mol. The van der Waals surface area contributed by atoms with Gasteiger partial charge in [0.1, 0.15) is 24.1 Å². The van der Waals surface area contributed by atoms with E-state index in [-0.39, 0.29) is 11.4 Å². The topological polar surface area (TPSA) is 142 Å². The van der Waals surface area contributed by atoms with E-state index in [0.717, 1.165) is 0 Å². The average Bonchev–Trinajstić information content (AvgIpc) is 2.41. The van der Waals surface area contributed by atoms with Crippen molar-refractivity contribution in [1.82, 2.24) is 0 Å². The molecule has 0 aromatic heterocycles. The van der Waals surface area contributed by atoms with Gasteiger partial charge in [-0.2, -0.15) is 0 Å². The lowest BCUT2D eigenvalue weighted by molar-refractivity contribution is -0.271. The number of ether oxygens (including phenoxy) is 2. The van der Waals surface area contributed by atoms with Gasteiger partial charge in [0.25, 0.3) is 0 Å². The molecule has 8 nitrogen and oxygen atoms in total. The minimum absolute atomic E-state index is 0.171. The Kier molecular flexibility index (Phi) is 4.09. The molecule has 1 saturated heterocycles. The molecule has 6 N–H and O–H groups in total. The van der Waals surface area contributed by atoms with Gasteiger partial charge in [0.15, 0.2) is 6.10 Å². The number of nitrogens with two attached hydrogens (primary N) is 1. The van der Waals surface area contributed by atoms with Crippen LogP contribution in [0.15, 0.2) is 24.3 Å². The molecule has 8 heteroatoms. The van der Waals surface area contributed by atoms with Crippen molar-refractivity contribution in [3.8, 4) is 5.75 Å². The molecular formula is C12H15NO7. The molecule has 1 aliphatic heterocycles. The van der Waals surface area contributed by atoms with Crippen LogP contribution in [0, 0.1) is 0 Å². The van der Waals surface area contributed by atoms with E-state index in [0.29, 0.717) is 0 Å². The number of aliphatic hydroxyl groups excluding tert-OH is 3. The fourth-order valence-corrected chi connectivity index (χ4v) is 1.86. The van der Waals surface area contributed by atoms with Crippen molar-refractivity contribution in [2.24, 2.45) is 0 Å². The number of carbonyl (C=O) groups is 1. The standard InChI is InChI=1S/C12H15NO7/c13-5-3-1-2-4-6(5)19-12-9(16)7(14)8(15)10(20-12)11(17)18/h1-4,7-10,12,14-16H,13H2,(H,17,18)/t7-,8-,9-,10?,12+/m0/s1. The first-order valence-electron chi connectivity index (χ1n) is 5.85. The molecule has 20 heavy (non-hydrogen) atoms. The molecule has 1 aromatic carbocycles. The second-order valence-electron chi connectivity index (χ2n) is 4.39. The first-order chi connectivity index (χ1) is 9.41. The van der Waals surface area contributed by atoms with Crippen molar-refractivity contribution in [1.29, 1.82) is 0 Å². The molecule has 1 aromatic rings. The van der Waals surface area contributed by atoms with E-state index >= 15 is 0 Å². The minimum Gasteiger partial charge on any atom is -0.479 e. The summed E-state index contributed by atoms with van der Waals surface area (Å²) >= 11 is 0. The summed E-state index contributed by atoms with van der Waals surface area (Å²) in [7, 11) is 0. The second kappa shape index (κ2) is 5.63. The predicted octanol–water partition coefficient (Wildman–Crippen LogP) is -1.46. The van der Waals surface area contributed by atoms with Gasteiger partial charge in [0.05, 0.1) is 5.69 Å². The first kappa shape index (κ1) is 14.5. The third-order valence-electron chi connectivity index (χ3n) is 2.98. The number of carboxylic acid groups (broad SMARTS) is 1. The number of anilines is 1. The lowest BCUT2D eigenvalue weighted by atomic mass is 9.99. The van der Waals surface area contributed by atoms with Crippen LogP contribution in [0.1, 0.15) is 0 Å². The van der Waals surface area contributed by atoms with Crippen LogP contribution in [0.25, 0.3) is 0 Å². The fourth-order valence-electron chi connectivity index (χ4n) is 1.86. The van der Waals surface area contributed by atoms with E-state index in [1.165, 1.54) is 6.07 Å². The van der Waals surface area contributed by atoms with Crippen LogP contribution >= 0.6 is 0 Å². The van der Waals surface area contributed by atoms with E-state index in [4.69, 9.17) is 20.3 Å². The first-order valence-corrected chi connectivity index (χ1v) is 5.85. The Labute approximate surface area is 114 Å². The molecule has 0 aliphatic carbocycles. The summed E-state index contributed by atoms with van der Waals surface area (Å²) in [5.41, 5.74) is 5.91. The largest absolute Gasteiger partial charge is 0.479 e. The maximum Gasteiger partial charge on any atom is 0.335 e. The average molecular weight is 285 g/mol. The lowest BCUT2D eigenvalue weighted by Gasteiger charge is -2.38. The van der Waals surface area contributed by atoms with Gasteiger partial charge in [-0.15, -0.1) is 0 Å². The number of hydrogen-bond acceptors (Lipinski definition) is 7. The van der Waals surface area contributed by atoms with Crippen LogP contribution in [-0.2, 0) is 9.53 Å². The number of aliphatic hydroxyl groups is 3. The normalized spacial score (nSPS) is 33.6. The van der Waals surface area contributed by atoms with Crippen LogP contribution in [0.4, 0.5) is 5.69 Å². The number of aliphatic carboxylic acids is 1. The van der Waals surface area contributed by atoms with Crippen molar-refractivity contribution in [3.63, 3.8) is 0 Å². The highest BCUT2D eigenvalue weighted by Crippen LogP contribution is 2.27. The number of carboxylic acids is 1. The number of rotatable bonds is 3. The van der Waals surface area contributed by atoms with Crippen LogP contribution < -0.4 is 10.5 Å². The number of benzene rings is 1. The highest BCUT2D eigenvalue weighted by atomic mass is 16.7. The van der Waals surface area contributed by atoms with Crippen LogP contribution in [0.5, 0.6) is 5.75 Å². The summed E-state index contributed by atoms with van der Waals surface area (Å²) in [5.74, 6) is -1.30. The molecule has 0 saturated carbocycles. The summed E-state index contributed by atoms with van der Waals surface area (Å²) in [6, 6.07) is 6.34. The SMILES string of the molecule is Nc1ccccc1O[C@@H]1OC(C(=O)O)[C@@H](O)[C@H](O)[C@@H]1O. The second-order valence-corrected chi connectivity index (χ2v) is 4.39. The minimum atomic E-state index is -1.75. The van der Waals surface area contributed by atoms with Crippen molar-refractivity contribution in [2.75, 3.05) is 5.73 Å². The highest BCUT2D eigenvalue weighted by Gasteiger charge is 2.48. The van der Waals surface area contributed by atoms with Gasteiger partial charge in [0.2, 0.25) is 6.29 Å². The van der Waals surface area contributed by atoms with Crippen LogP contribution in [-0.4, -0.2) is 57.1 Å². The van der Waals surface area contributed by atoms with Gasteiger partial charge in [-0.3, -0.25) is 0 Å². The van der Waals surface area contributed by atoms with Gasteiger partial charge in [0, 0.05) is 0 Å². The van der Waals surface area contributed by atoms with E-state index < -0.39 is 36.7 Å². The quantitative estimate of drug-likeness (QED) is 0.424. The zero-order chi connectivity index (χ0) is 14.9. The van der Waals surface area contributed by atoms with Crippen molar-refractivity contribution >= 4 is 11.7 Å². The van der Waals surface area contributed by atoms with Crippen molar-refractivity contribution in [3.05, 3.63) is 24.3 Å². The molecule has 1 unspecified atom stereocenters. The molecule has 1 heterocycles. The van der Waals surface area contributed by atoms with Gasteiger partial charge in [-0.1, -0.05) is 12.1 Å². The molecule has 2 rings (SSSR count). The third-order valence-corrected chi connectivity index (χ3v) is 2.98. The molecule has 1 aliphatic rings.